The first-order valence-corrected chi connectivity index (χ1v) is 6.75. The molecule has 2 rings (SSSR count). The zero-order valence-corrected chi connectivity index (χ0v) is 11.2. The van der Waals surface area contributed by atoms with Crippen molar-refractivity contribution in [3.8, 4) is 0 Å². The maximum atomic E-state index is 11.1. The smallest absolute Gasteiger partial charge is 0.335 e. The number of nitrogens with zero attached hydrogens (tertiary/aromatic N) is 1. The highest BCUT2D eigenvalue weighted by atomic mass is 16.5. The summed E-state index contributed by atoms with van der Waals surface area (Å²) in [6.07, 6.45) is 2.79. The van der Waals surface area contributed by atoms with E-state index in [0.29, 0.717) is 17.3 Å². The molecule has 0 aliphatic carbocycles. The Morgan fingerprint density at radius 1 is 1.58 bits per heavy atom. The number of aromatic nitrogens is 1. The van der Waals surface area contributed by atoms with Crippen LogP contribution in [0.2, 0.25) is 0 Å². The maximum Gasteiger partial charge on any atom is 0.335 e. The van der Waals surface area contributed by atoms with Gasteiger partial charge in [0.05, 0.1) is 12.2 Å². The summed E-state index contributed by atoms with van der Waals surface area (Å²) >= 11 is 0. The molecular formula is C14H20N2O3. The largest absolute Gasteiger partial charge is 0.478 e. The lowest BCUT2D eigenvalue weighted by atomic mass is 10.1. The first-order valence-electron chi connectivity index (χ1n) is 6.75. The zero-order valence-electron chi connectivity index (χ0n) is 11.2. The number of ether oxygens (including phenoxy) is 1. The third-order valence-electron chi connectivity index (χ3n) is 3.23. The number of pyridine rings is 1. The minimum atomic E-state index is -0.910. The molecule has 0 radical (unpaired) electrons. The second-order valence-corrected chi connectivity index (χ2v) is 4.90. The molecule has 1 fully saturated rings. The van der Waals surface area contributed by atoms with Gasteiger partial charge in [-0.3, -0.25) is 0 Å². The molecule has 0 amide bonds. The van der Waals surface area contributed by atoms with Crippen LogP contribution in [-0.4, -0.2) is 35.8 Å². The van der Waals surface area contributed by atoms with E-state index in [9.17, 15) is 4.79 Å². The Morgan fingerprint density at radius 3 is 3.05 bits per heavy atom. The van der Waals surface area contributed by atoms with Crippen molar-refractivity contribution in [2.24, 2.45) is 5.92 Å². The molecule has 0 spiro atoms. The molecule has 2 N–H and O–H groups in total. The summed E-state index contributed by atoms with van der Waals surface area (Å²) in [6, 6.07) is 3.24. The molecule has 19 heavy (non-hydrogen) atoms. The average Bonchev–Trinajstić information content (AvgIpc) is 2.89. The van der Waals surface area contributed by atoms with E-state index in [4.69, 9.17) is 9.84 Å². The lowest BCUT2D eigenvalue weighted by Gasteiger charge is -2.12. The molecule has 5 nitrogen and oxygen atoms in total. The van der Waals surface area contributed by atoms with E-state index in [1.807, 2.05) is 0 Å². The molecule has 1 saturated heterocycles. The summed E-state index contributed by atoms with van der Waals surface area (Å²) in [7, 11) is 0. The molecule has 104 valence electrons. The van der Waals surface area contributed by atoms with Crippen molar-refractivity contribution in [3.63, 3.8) is 0 Å². The molecule has 1 atom stereocenters. The highest BCUT2D eigenvalue weighted by Gasteiger charge is 2.16. The maximum absolute atomic E-state index is 11.1. The monoisotopic (exact) mass is 264 g/mol. The van der Waals surface area contributed by atoms with Crippen LogP contribution in [-0.2, 0) is 11.2 Å². The highest BCUT2D eigenvalue weighted by molar-refractivity contribution is 5.88. The fraction of sp³-hybridized carbons (Fsp3) is 0.571. The normalized spacial score (nSPS) is 18.5. The first-order chi connectivity index (χ1) is 9.19. The minimum absolute atomic E-state index is 0.295. The number of hydrogen-bond acceptors (Lipinski definition) is 4. The summed E-state index contributed by atoms with van der Waals surface area (Å²) in [5, 5.41) is 12.3. The third-order valence-corrected chi connectivity index (χ3v) is 3.23. The van der Waals surface area contributed by atoms with E-state index in [1.54, 1.807) is 12.1 Å². The third kappa shape index (κ3) is 3.92. The van der Waals surface area contributed by atoms with Gasteiger partial charge in [0, 0.05) is 24.8 Å². The molecular weight excluding hydrogens is 244 g/mol. The zero-order chi connectivity index (χ0) is 13.7. The van der Waals surface area contributed by atoms with Gasteiger partial charge in [0.2, 0.25) is 0 Å². The number of aryl methyl sites for hydroxylation is 1. The molecule has 1 aromatic rings. The van der Waals surface area contributed by atoms with E-state index in [1.165, 1.54) is 0 Å². The molecule has 1 aromatic heterocycles. The lowest BCUT2D eigenvalue weighted by molar-refractivity contribution is 0.0696. The van der Waals surface area contributed by atoms with E-state index in [2.05, 4.69) is 17.2 Å². The van der Waals surface area contributed by atoms with Gasteiger partial charge in [-0.1, -0.05) is 13.3 Å². The van der Waals surface area contributed by atoms with Crippen molar-refractivity contribution in [3.05, 3.63) is 23.4 Å². The van der Waals surface area contributed by atoms with Crippen LogP contribution in [0.3, 0.4) is 0 Å². The Balaban J connectivity index is 2.06. The molecule has 1 aliphatic heterocycles. The summed E-state index contributed by atoms with van der Waals surface area (Å²) < 4.78 is 5.32. The van der Waals surface area contributed by atoms with Crippen molar-refractivity contribution < 1.29 is 14.6 Å². The summed E-state index contributed by atoms with van der Waals surface area (Å²) in [5.41, 5.74) is 1.12. The minimum Gasteiger partial charge on any atom is -0.478 e. The standard InChI is InChI=1S/C14H20N2O3/c1-2-3-12-6-11(14(17)18)7-13(16-12)15-8-10-4-5-19-9-10/h6-7,10H,2-5,8-9H2,1H3,(H,15,16)(H,17,18). The van der Waals surface area contributed by atoms with Gasteiger partial charge < -0.3 is 15.2 Å². The van der Waals surface area contributed by atoms with Gasteiger partial charge >= 0.3 is 5.97 Å². The number of carboxylic acid groups (broad SMARTS) is 1. The van der Waals surface area contributed by atoms with Crippen LogP contribution in [0, 0.1) is 5.92 Å². The van der Waals surface area contributed by atoms with Gasteiger partial charge in [-0.25, -0.2) is 9.78 Å². The first kappa shape index (κ1) is 13.8. The fourth-order valence-electron chi connectivity index (χ4n) is 2.18. The summed E-state index contributed by atoms with van der Waals surface area (Å²) in [4.78, 5) is 15.5. The van der Waals surface area contributed by atoms with Crippen LogP contribution in [0.4, 0.5) is 5.82 Å². The van der Waals surface area contributed by atoms with Gasteiger partial charge in [0.25, 0.3) is 0 Å². The summed E-state index contributed by atoms with van der Waals surface area (Å²) in [6.45, 7) is 4.42. The average molecular weight is 264 g/mol. The number of carboxylic acids is 1. The Kier molecular flexibility index (Phi) is 4.74. The van der Waals surface area contributed by atoms with Crippen molar-refractivity contribution in [1.82, 2.24) is 4.98 Å². The van der Waals surface area contributed by atoms with Gasteiger partial charge in [-0.05, 0) is 25.0 Å². The lowest BCUT2D eigenvalue weighted by Crippen LogP contribution is -2.15. The SMILES string of the molecule is CCCc1cc(C(=O)O)cc(NCC2CCOC2)n1. The number of aromatic carboxylic acids is 1. The van der Waals surface area contributed by atoms with E-state index >= 15 is 0 Å². The van der Waals surface area contributed by atoms with Crippen LogP contribution in [0.25, 0.3) is 0 Å². The number of nitrogens with one attached hydrogen (secondary N) is 1. The predicted molar refractivity (Wildman–Crippen MR) is 72.6 cm³/mol. The molecule has 1 unspecified atom stereocenters. The Morgan fingerprint density at radius 2 is 2.42 bits per heavy atom. The van der Waals surface area contributed by atoms with Gasteiger partial charge in [-0.2, -0.15) is 0 Å². The Labute approximate surface area is 113 Å². The van der Waals surface area contributed by atoms with Crippen molar-refractivity contribution >= 4 is 11.8 Å². The highest BCUT2D eigenvalue weighted by Crippen LogP contribution is 2.16. The van der Waals surface area contributed by atoms with Gasteiger partial charge in [-0.15, -0.1) is 0 Å². The van der Waals surface area contributed by atoms with Gasteiger partial charge in [0.15, 0.2) is 0 Å². The van der Waals surface area contributed by atoms with Crippen LogP contribution in [0.5, 0.6) is 0 Å². The molecule has 0 aromatic carbocycles. The van der Waals surface area contributed by atoms with Crippen LogP contribution in [0.15, 0.2) is 12.1 Å². The topological polar surface area (TPSA) is 71.5 Å². The molecule has 5 heteroatoms. The van der Waals surface area contributed by atoms with Crippen molar-refractivity contribution in [1.29, 1.82) is 0 Å². The van der Waals surface area contributed by atoms with Crippen LogP contribution >= 0.6 is 0 Å². The number of carbonyl (C=O) groups is 1. The number of anilines is 1. The molecule has 1 aliphatic rings. The Bertz CT molecular complexity index is 442. The number of rotatable bonds is 6. The van der Waals surface area contributed by atoms with Crippen molar-refractivity contribution in [2.45, 2.75) is 26.2 Å². The van der Waals surface area contributed by atoms with E-state index in [0.717, 1.165) is 44.7 Å². The predicted octanol–water partition coefficient (Wildman–Crippen LogP) is 2.18. The van der Waals surface area contributed by atoms with Crippen molar-refractivity contribution in [2.75, 3.05) is 25.1 Å². The van der Waals surface area contributed by atoms with Crippen LogP contribution < -0.4 is 5.32 Å². The molecule has 0 bridgehead atoms. The van der Waals surface area contributed by atoms with Crippen LogP contribution in [0.1, 0.15) is 35.8 Å². The molecule has 2 heterocycles. The molecule has 0 saturated carbocycles. The Hall–Kier alpha value is -1.62. The second-order valence-electron chi connectivity index (χ2n) is 4.90. The summed E-state index contributed by atoms with van der Waals surface area (Å²) in [5.74, 6) is 0.229. The van der Waals surface area contributed by atoms with E-state index in [-0.39, 0.29) is 0 Å². The second kappa shape index (κ2) is 6.52. The fourth-order valence-corrected chi connectivity index (χ4v) is 2.18. The van der Waals surface area contributed by atoms with E-state index < -0.39 is 5.97 Å². The quantitative estimate of drug-likeness (QED) is 0.824. The number of hydrogen-bond donors (Lipinski definition) is 2. The van der Waals surface area contributed by atoms with Gasteiger partial charge in [0.1, 0.15) is 5.82 Å².